The van der Waals surface area contributed by atoms with Gasteiger partial charge in [-0.2, -0.15) is 0 Å². The van der Waals surface area contributed by atoms with Crippen LogP contribution in [0.15, 0.2) is 18.2 Å². The molecule has 0 aliphatic carbocycles. The Morgan fingerprint density at radius 2 is 2.08 bits per heavy atom. The molecule has 0 amide bonds. The third kappa shape index (κ3) is 1.79. The van der Waals surface area contributed by atoms with Crippen LogP contribution >= 0.6 is 0 Å². The second-order valence-electron chi connectivity index (χ2n) is 3.13. The summed E-state index contributed by atoms with van der Waals surface area (Å²) >= 11 is 0. The number of benzene rings is 1. The number of rotatable bonds is 2. The summed E-state index contributed by atoms with van der Waals surface area (Å²) in [6, 6.07) is 6.21. The lowest BCUT2D eigenvalue weighted by Crippen LogP contribution is -1.92. The van der Waals surface area contributed by atoms with Gasteiger partial charge in [-0.1, -0.05) is 19.1 Å². The molecule has 0 heterocycles. The van der Waals surface area contributed by atoms with Crippen LogP contribution in [0.4, 0.5) is 0 Å². The topological polar surface area (TPSA) is 9.23 Å². The monoisotopic (exact) mass is 163 g/mol. The third-order valence-corrected chi connectivity index (χ3v) is 2.00. The SMILES string of the molecule is [CH2]C(C)c1ccc(C)c(OC)c1. The normalized spacial score (nSPS) is 10.4. The molecule has 0 saturated carbocycles. The van der Waals surface area contributed by atoms with E-state index in [0.717, 1.165) is 5.75 Å². The average Bonchev–Trinajstić information content (AvgIpc) is 2.05. The first kappa shape index (κ1) is 9.11. The molecule has 1 rings (SSSR count). The van der Waals surface area contributed by atoms with Crippen LogP contribution in [0, 0.1) is 13.8 Å². The predicted molar refractivity (Wildman–Crippen MR) is 51.5 cm³/mol. The zero-order chi connectivity index (χ0) is 9.14. The lowest BCUT2D eigenvalue weighted by molar-refractivity contribution is 0.411. The summed E-state index contributed by atoms with van der Waals surface area (Å²) in [7, 11) is 1.69. The van der Waals surface area contributed by atoms with E-state index in [1.807, 2.05) is 13.0 Å². The van der Waals surface area contributed by atoms with E-state index >= 15 is 0 Å². The smallest absolute Gasteiger partial charge is 0.122 e. The summed E-state index contributed by atoms with van der Waals surface area (Å²) in [4.78, 5) is 0. The number of hydrogen-bond acceptors (Lipinski definition) is 1. The van der Waals surface area contributed by atoms with E-state index in [1.54, 1.807) is 7.11 Å². The molecule has 0 aliphatic heterocycles. The first-order chi connectivity index (χ1) is 5.65. The van der Waals surface area contributed by atoms with Crippen molar-refractivity contribution >= 4 is 0 Å². The van der Waals surface area contributed by atoms with Crippen molar-refractivity contribution < 1.29 is 4.74 Å². The molecular formula is C11H15O. The first-order valence-electron chi connectivity index (χ1n) is 4.12. The molecule has 1 aromatic carbocycles. The van der Waals surface area contributed by atoms with Crippen LogP contribution in [-0.2, 0) is 0 Å². The Balaban J connectivity index is 3.05. The van der Waals surface area contributed by atoms with Crippen LogP contribution in [0.25, 0.3) is 0 Å². The van der Waals surface area contributed by atoms with Gasteiger partial charge in [0.2, 0.25) is 0 Å². The lowest BCUT2D eigenvalue weighted by atomic mass is 10.0. The Morgan fingerprint density at radius 3 is 2.58 bits per heavy atom. The Kier molecular flexibility index (Phi) is 2.74. The van der Waals surface area contributed by atoms with Crippen LogP contribution < -0.4 is 4.74 Å². The molecule has 12 heavy (non-hydrogen) atoms. The molecule has 0 fully saturated rings. The number of aryl methyl sites for hydroxylation is 1. The van der Waals surface area contributed by atoms with Gasteiger partial charge < -0.3 is 4.74 Å². The van der Waals surface area contributed by atoms with Crippen LogP contribution in [0.5, 0.6) is 5.75 Å². The summed E-state index contributed by atoms with van der Waals surface area (Å²) in [5.74, 6) is 1.27. The average molecular weight is 163 g/mol. The van der Waals surface area contributed by atoms with Crippen molar-refractivity contribution in [3.05, 3.63) is 36.2 Å². The minimum Gasteiger partial charge on any atom is -0.496 e. The van der Waals surface area contributed by atoms with E-state index in [2.05, 4.69) is 26.0 Å². The second kappa shape index (κ2) is 3.61. The molecule has 1 nitrogen and oxygen atoms in total. The highest BCUT2D eigenvalue weighted by molar-refractivity contribution is 5.38. The van der Waals surface area contributed by atoms with Crippen molar-refractivity contribution in [2.24, 2.45) is 0 Å². The van der Waals surface area contributed by atoms with Gasteiger partial charge in [-0.05, 0) is 37.0 Å². The highest BCUT2D eigenvalue weighted by Crippen LogP contribution is 2.23. The van der Waals surface area contributed by atoms with Gasteiger partial charge in [-0.15, -0.1) is 0 Å². The van der Waals surface area contributed by atoms with Crippen LogP contribution in [0.3, 0.4) is 0 Å². The quantitative estimate of drug-likeness (QED) is 0.651. The Hall–Kier alpha value is -0.980. The molecule has 0 aliphatic rings. The van der Waals surface area contributed by atoms with Crippen LogP contribution in [0.1, 0.15) is 24.0 Å². The largest absolute Gasteiger partial charge is 0.496 e. The Morgan fingerprint density at radius 1 is 1.42 bits per heavy atom. The van der Waals surface area contributed by atoms with Gasteiger partial charge in [0.15, 0.2) is 0 Å². The molecule has 65 valence electrons. The molecule has 1 radical (unpaired) electrons. The molecule has 0 aromatic heterocycles. The molecule has 1 atom stereocenters. The maximum absolute atomic E-state index is 5.21. The molecule has 0 bridgehead atoms. The summed E-state index contributed by atoms with van der Waals surface area (Å²) in [6.45, 7) is 8.07. The molecule has 0 N–H and O–H groups in total. The zero-order valence-corrected chi connectivity index (χ0v) is 7.92. The Bertz CT molecular complexity index is 264. The van der Waals surface area contributed by atoms with Gasteiger partial charge >= 0.3 is 0 Å². The summed E-state index contributed by atoms with van der Waals surface area (Å²) in [6.07, 6.45) is 0. The fourth-order valence-corrected chi connectivity index (χ4v) is 1.14. The van der Waals surface area contributed by atoms with Crippen LogP contribution in [-0.4, -0.2) is 7.11 Å². The predicted octanol–water partition coefficient (Wildman–Crippen LogP) is 2.94. The van der Waals surface area contributed by atoms with E-state index in [-0.39, 0.29) is 0 Å². The molecule has 0 spiro atoms. The van der Waals surface area contributed by atoms with Crippen molar-refractivity contribution in [2.45, 2.75) is 19.8 Å². The first-order valence-corrected chi connectivity index (χ1v) is 4.12. The van der Waals surface area contributed by atoms with Crippen LogP contribution in [0.2, 0.25) is 0 Å². The van der Waals surface area contributed by atoms with E-state index in [1.165, 1.54) is 11.1 Å². The maximum Gasteiger partial charge on any atom is 0.122 e. The highest BCUT2D eigenvalue weighted by Gasteiger charge is 2.02. The summed E-state index contributed by atoms with van der Waals surface area (Å²) in [5, 5.41) is 0. The van der Waals surface area contributed by atoms with Crippen molar-refractivity contribution in [3.8, 4) is 5.75 Å². The third-order valence-electron chi connectivity index (χ3n) is 2.00. The Labute approximate surface area is 74.4 Å². The van der Waals surface area contributed by atoms with Gasteiger partial charge in [-0.3, -0.25) is 0 Å². The number of hydrogen-bond donors (Lipinski definition) is 0. The summed E-state index contributed by atoms with van der Waals surface area (Å²) in [5.41, 5.74) is 2.39. The minimum atomic E-state index is 0.319. The van der Waals surface area contributed by atoms with Crippen molar-refractivity contribution in [1.29, 1.82) is 0 Å². The number of ether oxygens (including phenoxy) is 1. The van der Waals surface area contributed by atoms with Gasteiger partial charge in [0, 0.05) is 0 Å². The van der Waals surface area contributed by atoms with Crippen molar-refractivity contribution in [2.75, 3.05) is 7.11 Å². The minimum absolute atomic E-state index is 0.319. The van der Waals surface area contributed by atoms with Gasteiger partial charge in [0.1, 0.15) is 5.75 Å². The molecule has 1 aromatic rings. The molecule has 0 saturated heterocycles. The highest BCUT2D eigenvalue weighted by atomic mass is 16.5. The standard InChI is InChI=1S/C11H15O/c1-8(2)10-6-5-9(3)11(7-10)12-4/h5-8H,1H2,2-4H3. The van der Waals surface area contributed by atoms with E-state index in [0.29, 0.717) is 5.92 Å². The second-order valence-corrected chi connectivity index (χ2v) is 3.13. The molecule has 1 heteroatoms. The van der Waals surface area contributed by atoms with E-state index in [4.69, 9.17) is 4.74 Å². The van der Waals surface area contributed by atoms with Gasteiger partial charge in [0.25, 0.3) is 0 Å². The lowest BCUT2D eigenvalue weighted by Gasteiger charge is -2.09. The van der Waals surface area contributed by atoms with Gasteiger partial charge in [-0.25, -0.2) is 0 Å². The van der Waals surface area contributed by atoms with E-state index < -0.39 is 0 Å². The fourth-order valence-electron chi connectivity index (χ4n) is 1.14. The van der Waals surface area contributed by atoms with Gasteiger partial charge in [0.05, 0.1) is 7.11 Å². The fraction of sp³-hybridized carbons (Fsp3) is 0.364. The van der Waals surface area contributed by atoms with Crippen molar-refractivity contribution in [1.82, 2.24) is 0 Å². The zero-order valence-electron chi connectivity index (χ0n) is 7.92. The molecule has 1 unspecified atom stereocenters. The number of methoxy groups -OCH3 is 1. The van der Waals surface area contributed by atoms with Crippen molar-refractivity contribution in [3.63, 3.8) is 0 Å². The molecular weight excluding hydrogens is 148 g/mol. The summed E-state index contributed by atoms with van der Waals surface area (Å²) < 4.78 is 5.21. The van der Waals surface area contributed by atoms with E-state index in [9.17, 15) is 0 Å². The maximum atomic E-state index is 5.21.